The van der Waals surface area contributed by atoms with Crippen molar-refractivity contribution in [3.8, 4) is 16.9 Å². The molecule has 0 fully saturated rings. The normalized spacial score (nSPS) is 11.0. The van der Waals surface area contributed by atoms with Crippen LogP contribution in [-0.2, 0) is 0 Å². The number of aromatic nitrogens is 2. The Hall–Kier alpha value is -2.92. The van der Waals surface area contributed by atoms with E-state index < -0.39 is 0 Å². The Balaban J connectivity index is 1.89. The van der Waals surface area contributed by atoms with Gasteiger partial charge in [0.25, 0.3) is 0 Å². The van der Waals surface area contributed by atoms with Gasteiger partial charge in [0.2, 0.25) is 0 Å². The molecule has 0 unspecified atom stereocenters. The first-order valence-corrected chi connectivity index (χ1v) is 9.22. The lowest BCUT2D eigenvalue weighted by Crippen LogP contribution is -1.95. The fourth-order valence-corrected chi connectivity index (χ4v) is 4.08. The maximum Gasteiger partial charge on any atom is 0.143 e. The zero-order valence-electron chi connectivity index (χ0n) is 14.9. The van der Waals surface area contributed by atoms with Crippen molar-refractivity contribution >= 4 is 33.1 Å². The lowest BCUT2D eigenvalue weighted by molar-refractivity contribution is 0.475. The van der Waals surface area contributed by atoms with E-state index >= 15 is 0 Å². The molecule has 0 saturated carbocycles. The van der Waals surface area contributed by atoms with Crippen LogP contribution in [0.3, 0.4) is 0 Å². The van der Waals surface area contributed by atoms with Crippen LogP contribution in [0, 0.1) is 20.8 Å². The summed E-state index contributed by atoms with van der Waals surface area (Å²) in [5, 5.41) is 13.9. The lowest BCUT2D eigenvalue weighted by Gasteiger charge is -2.10. The molecule has 0 atom stereocenters. The second-order valence-electron chi connectivity index (χ2n) is 6.41. The van der Waals surface area contributed by atoms with Gasteiger partial charge in [0.1, 0.15) is 22.7 Å². The predicted molar refractivity (Wildman–Crippen MR) is 108 cm³/mol. The van der Waals surface area contributed by atoms with E-state index in [0.29, 0.717) is 0 Å². The van der Waals surface area contributed by atoms with Crippen LogP contribution >= 0.6 is 11.3 Å². The number of thiophene rings is 1. The zero-order chi connectivity index (χ0) is 18.3. The minimum absolute atomic E-state index is 0.241. The highest BCUT2D eigenvalue weighted by Crippen LogP contribution is 2.41. The zero-order valence-corrected chi connectivity index (χ0v) is 15.7. The van der Waals surface area contributed by atoms with E-state index in [1.165, 1.54) is 27.1 Å². The maximum absolute atomic E-state index is 9.49. The second-order valence-corrected chi connectivity index (χ2v) is 7.61. The van der Waals surface area contributed by atoms with Crippen LogP contribution in [0.1, 0.15) is 16.0 Å². The van der Waals surface area contributed by atoms with Gasteiger partial charge in [0, 0.05) is 16.1 Å². The minimum atomic E-state index is 0.241. The molecule has 2 heterocycles. The number of aromatic hydroxyl groups is 1. The number of hydrogen-bond donors (Lipinski definition) is 2. The molecule has 4 aromatic rings. The number of nitrogens with one attached hydrogen (secondary N) is 1. The molecule has 5 heteroatoms. The van der Waals surface area contributed by atoms with Gasteiger partial charge in [-0.1, -0.05) is 18.2 Å². The largest absolute Gasteiger partial charge is 0.508 e. The maximum atomic E-state index is 9.49. The van der Waals surface area contributed by atoms with E-state index in [2.05, 4.69) is 54.3 Å². The number of hydrogen-bond acceptors (Lipinski definition) is 5. The summed E-state index contributed by atoms with van der Waals surface area (Å²) in [6, 6.07) is 13.5. The molecule has 130 valence electrons. The third kappa shape index (κ3) is 2.91. The number of anilines is 2. The Labute approximate surface area is 156 Å². The summed E-state index contributed by atoms with van der Waals surface area (Å²) in [6.45, 7) is 6.38. The highest BCUT2D eigenvalue weighted by molar-refractivity contribution is 7.19. The van der Waals surface area contributed by atoms with Crippen LogP contribution in [0.2, 0.25) is 0 Å². The number of benzene rings is 2. The van der Waals surface area contributed by atoms with Gasteiger partial charge in [-0.2, -0.15) is 0 Å². The molecule has 2 aromatic heterocycles. The van der Waals surface area contributed by atoms with Crippen LogP contribution in [0.4, 0.5) is 11.5 Å². The summed E-state index contributed by atoms with van der Waals surface area (Å²) in [5.74, 6) is 1.02. The summed E-state index contributed by atoms with van der Waals surface area (Å²) in [4.78, 5) is 11.1. The van der Waals surface area contributed by atoms with Gasteiger partial charge in [-0.15, -0.1) is 11.3 Å². The van der Waals surface area contributed by atoms with E-state index in [-0.39, 0.29) is 5.75 Å². The summed E-state index contributed by atoms with van der Waals surface area (Å²) in [5.41, 5.74) is 5.78. The quantitative estimate of drug-likeness (QED) is 0.457. The lowest BCUT2D eigenvalue weighted by atomic mass is 9.99. The van der Waals surface area contributed by atoms with Crippen molar-refractivity contribution in [2.24, 2.45) is 0 Å². The van der Waals surface area contributed by atoms with Crippen molar-refractivity contribution in [2.45, 2.75) is 20.8 Å². The van der Waals surface area contributed by atoms with Gasteiger partial charge in [0.05, 0.1) is 5.39 Å². The number of nitrogens with zero attached hydrogens (tertiary/aromatic N) is 2. The third-order valence-corrected chi connectivity index (χ3v) is 5.60. The number of aryl methyl sites for hydroxylation is 3. The number of fused-ring (bicyclic) bond motifs is 1. The Morgan fingerprint density at radius 3 is 2.42 bits per heavy atom. The second kappa shape index (κ2) is 6.42. The SMILES string of the molecule is Cc1ccc(-c2c(C)sc3ncnc(Nc4ccc(O)cc4)c23)cc1C. The molecule has 0 saturated heterocycles. The van der Waals surface area contributed by atoms with Crippen LogP contribution in [0.25, 0.3) is 21.3 Å². The summed E-state index contributed by atoms with van der Waals surface area (Å²) < 4.78 is 0. The molecule has 0 aliphatic carbocycles. The molecule has 0 aliphatic rings. The van der Waals surface area contributed by atoms with E-state index in [1.54, 1.807) is 29.8 Å². The van der Waals surface area contributed by atoms with Crippen molar-refractivity contribution in [3.63, 3.8) is 0 Å². The Bertz CT molecular complexity index is 1100. The third-order valence-electron chi connectivity index (χ3n) is 4.59. The van der Waals surface area contributed by atoms with Gasteiger partial charge in [-0.25, -0.2) is 9.97 Å². The van der Waals surface area contributed by atoms with E-state index in [9.17, 15) is 5.11 Å². The Morgan fingerprint density at radius 1 is 0.923 bits per heavy atom. The van der Waals surface area contributed by atoms with Crippen LogP contribution in [-0.4, -0.2) is 15.1 Å². The smallest absolute Gasteiger partial charge is 0.143 e. The highest BCUT2D eigenvalue weighted by Gasteiger charge is 2.17. The molecule has 0 bridgehead atoms. The number of phenolic OH excluding ortho intramolecular Hbond substituents is 1. The van der Waals surface area contributed by atoms with Crippen LogP contribution < -0.4 is 5.32 Å². The topological polar surface area (TPSA) is 58.0 Å². The van der Waals surface area contributed by atoms with Gasteiger partial charge < -0.3 is 10.4 Å². The Morgan fingerprint density at radius 2 is 1.69 bits per heavy atom. The molecule has 4 rings (SSSR count). The summed E-state index contributed by atoms with van der Waals surface area (Å²) in [6.07, 6.45) is 1.59. The van der Waals surface area contributed by atoms with E-state index in [0.717, 1.165) is 21.7 Å². The monoisotopic (exact) mass is 361 g/mol. The highest BCUT2D eigenvalue weighted by atomic mass is 32.1. The standard InChI is InChI=1S/C21H19N3OS/c1-12-4-5-15(10-13(12)2)18-14(3)26-21-19(18)20(22-11-23-21)24-16-6-8-17(25)9-7-16/h4-11,25H,1-3H3,(H,22,23,24). The fourth-order valence-electron chi connectivity index (χ4n) is 3.07. The van der Waals surface area contributed by atoms with E-state index in [1.807, 2.05) is 12.1 Å². The summed E-state index contributed by atoms with van der Waals surface area (Å²) >= 11 is 1.68. The van der Waals surface area contributed by atoms with Crippen LogP contribution in [0.15, 0.2) is 48.8 Å². The molecule has 26 heavy (non-hydrogen) atoms. The minimum Gasteiger partial charge on any atom is -0.508 e. The average molecular weight is 361 g/mol. The van der Waals surface area contributed by atoms with Gasteiger partial charge in [0.15, 0.2) is 0 Å². The van der Waals surface area contributed by atoms with Crippen molar-refractivity contribution in [1.82, 2.24) is 9.97 Å². The van der Waals surface area contributed by atoms with Gasteiger partial charge in [-0.3, -0.25) is 0 Å². The molecule has 2 aromatic carbocycles. The molecule has 4 nitrogen and oxygen atoms in total. The number of phenols is 1. The Kier molecular flexibility index (Phi) is 4.09. The first-order valence-electron chi connectivity index (χ1n) is 8.40. The average Bonchev–Trinajstić information content (AvgIpc) is 2.96. The molecule has 0 aliphatic heterocycles. The van der Waals surface area contributed by atoms with E-state index in [4.69, 9.17) is 0 Å². The van der Waals surface area contributed by atoms with Gasteiger partial charge >= 0.3 is 0 Å². The first kappa shape index (κ1) is 16.5. The van der Waals surface area contributed by atoms with Crippen molar-refractivity contribution in [1.29, 1.82) is 0 Å². The van der Waals surface area contributed by atoms with Crippen molar-refractivity contribution in [3.05, 3.63) is 64.8 Å². The molecule has 0 spiro atoms. The van der Waals surface area contributed by atoms with Crippen LogP contribution in [0.5, 0.6) is 5.75 Å². The number of rotatable bonds is 3. The molecule has 2 N–H and O–H groups in total. The van der Waals surface area contributed by atoms with Crippen molar-refractivity contribution < 1.29 is 5.11 Å². The first-order chi connectivity index (χ1) is 12.5. The molecular weight excluding hydrogens is 342 g/mol. The molecular formula is C21H19N3OS. The van der Waals surface area contributed by atoms with Gasteiger partial charge in [-0.05, 0) is 61.7 Å². The molecule has 0 amide bonds. The predicted octanol–water partition coefficient (Wildman–Crippen LogP) is 5.73. The fraction of sp³-hybridized carbons (Fsp3) is 0.143. The summed E-state index contributed by atoms with van der Waals surface area (Å²) in [7, 11) is 0. The van der Waals surface area contributed by atoms with Crippen molar-refractivity contribution in [2.75, 3.05) is 5.32 Å². The molecule has 0 radical (unpaired) electrons.